The van der Waals surface area contributed by atoms with E-state index in [2.05, 4.69) is 37.7 Å². The van der Waals surface area contributed by atoms with Gasteiger partial charge in [0.1, 0.15) is 24.8 Å². The molecule has 93 heavy (non-hydrogen) atoms. The Kier molecular flexibility index (Phi) is 68.6. The van der Waals surface area contributed by atoms with Gasteiger partial charge in [0.05, 0.1) is 139 Å². The lowest BCUT2D eigenvalue weighted by Crippen LogP contribution is -2.36. The second kappa shape index (κ2) is 72.0. The van der Waals surface area contributed by atoms with Crippen molar-refractivity contribution in [1.82, 2.24) is 21.3 Å². The molecule has 0 fully saturated rings. The van der Waals surface area contributed by atoms with E-state index >= 15 is 0 Å². The lowest BCUT2D eigenvalue weighted by atomic mass is 9.94. The van der Waals surface area contributed by atoms with E-state index in [1.165, 1.54) is 0 Å². The number of ether oxygens (including phenoxy) is 14. The van der Waals surface area contributed by atoms with E-state index in [9.17, 15) is 38.4 Å². The van der Waals surface area contributed by atoms with Gasteiger partial charge in [0, 0.05) is 103 Å². The Balaban J connectivity index is 4.46. The third-order valence-corrected chi connectivity index (χ3v) is 14.0. The summed E-state index contributed by atoms with van der Waals surface area (Å²) in [4.78, 5) is 94.9. The van der Waals surface area contributed by atoms with Gasteiger partial charge in [-0.1, -0.05) is 71.6 Å². The van der Waals surface area contributed by atoms with Crippen LogP contribution in [0.15, 0.2) is 0 Å². The summed E-state index contributed by atoms with van der Waals surface area (Å²) in [5.74, 6) is 0.184. The highest BCUT2D eigenvalue weighted by Crippen LogP contribution is 2.19. The average molecular weight is 1340 g/mol. The van der Waals surface area contributed by atoms with Gasteiger partial charge in [-0.05, 0) is 57.8 Å². The van der Waals surface area contributed by atoms with Crippen LogP contribution in [-0.2, 0) is 105 Å². The monoisotopic (exact) mass is 1340 g/mol. The van der Waals surface area contributed by atoms with Crippen molar-refractivity contribution in [3.05, 3.63) is 0 Å². The molecule has 0 spiro atoms. The van der Waals surface area contributed by atoms with E-state index in [0.29, 0.717) is 196 Å². The SMILES string of the molecule is CCCOCCOCCOCCNC(=O)CCCCCCCNC(=O)CCOCC(C)(COCCC(=O)NCCCCCCCC(=O)CCCOCCOCCOCCOC=O)COCCC(=O)NCCCCCCCC(=O)CCCOCCOCCOCCOC=O. The summed E-state index contributed by atoms with van der Waals surface area (Å²) in [6, 6.07) is 0. The summed E-state index contributed by atoms with van der Waals surface area (Å²) in [5, 5.41) is 11.8. The zero-order chi connectivity index (χ0) is 67.7. The minimum absolute atomic E-state index is 0.0161. The summed E-state index contributed by atoms with van der Waals surface area (Å²) in [6.45, 7) is 17.1. The summed E-state index contributed by atoms with van der Waals surface area (Å²) in [5.41, 5.74) is -0.621. The molecule has 0 aromatic heterocycles. The summed E-state index contributed by atoms with van der Waals surface area (Å²) in [6.07, 6.45) is 19.1. The van der Waals surface area contributed by atoms with E-state index in [1.54, 1.807) is 0 Å². The lowest BCUT2D eigenvalue weighted by Gasteiger charge is -2.29. The van der Waals surface area contributed by atoms with Crippen molar-refractivity contribution in [3.8, 4) is 0 Å². The molecule has 544 valence electrons. The molecule has 0 rings (SSSR count). The van der Waals surface area contributed by atoms with Gasteiger partial charge in [0.25, 0.3) is 12.9 Å². The highest BCUT2D eigenvalue weighted by molar-refractivity contribution is 5.79. The van der Waals surface area contributed by atoms with E-state index in [4.69, 9.17) is 56.8 Å². The Morgan fingerprint density at radius 2 is 0.538 bits per heavy atom. The maximum Gasteiger partial charge on any atom is 0.293 e. The highest BCUT2D eigenvalue weighted by atomic mass is 16.6. The van der Waals surface area contributed by atoms with Crippen LogP contribution < -0.4 is 21.3 Å². The van der Waals surface area contributed by atoms with Gasteiger partial charge in [-0.25, -0.2) is 0 Å². The number of Topliss-reactive ketones (excluding diaryl/α,β-unsaturated/α-hetero) is 2. The molecule has 26 heteroatoms. The third kappa shape index (κ3) is 70.3. The molecule has 0 radical (unpaired) electrons. The Hall–Kier alpha value is -4.32. The Morgan fingerprint density at radius 1 is 0.269 bits per heavy atom. The fourth-order valence-corrected chi connectivity index (χ4v) is 8.84. The van der Waals surface area contributed by atoms with Gasteiger partial charge in [-0.15, -0.1) is 0 Å². The first-order valence-electron chi connectivity index (χ1n) is 34.7. The second-order valence-electron chi connectivity index (χ2n) is 22.9. The van der Waals surface area contributed by atoms with Crippen LogP contribution in [0.3, 0.4) is 0 Å². The Morgan fingerprint density at radius 3 is 0.892 bits per heavy atom. The summed E-state index contributed by atoms with van der Waals surface area (Å²) < 4.78 is 75.8. The zero-order valence-electron chi connectivity index (χ0n) is 57.2. The standard InChI is InChI=1S/C67H124N4O22/c1-3-33-80-40-44-84-47-43-83-39-32-71-63(76)25-15-9-6-12-18-31-70-66(79)28-38-91-58-67(2,56-89-36-26-64(77)68-29-16-10-4-7-13-21-61(74)23-19-34-81-41-45-85-48-50-87-52-54-92-59-72)57-90-37-27-65(78)69-30-17-11-5-8-14-22-62(75)24-20-35-82-42-46-86-49-51-88-53-55-93-60-73/h59-60H,3-58H2,1-2H3,(H,68,77)(H,69,78)(H,70,79)(H,71,76). The first kappa shape index (κ1) is 88.7. The minimum atomic E-state index is -0.621. The molecule has 0 aliphatic carbocycles. The average Bonchev–Trinajstić information content (AvgIpc) is 3.69. The first-order chi connectivity index (χ1) is 45.5. The molecule has 0 unspecified atom stereocenters. The van der Waals surface area contributed by atoms with Crippen molar-refractivity contribution in [2.45, 2.75) is 181 Å². The number of amides is 4. The van der Waals surface area contributed by atoms with Crippen LogP contribution in [0.4, 0.5) is 0 Å². The number of ketones is 2. The van der Waals surface area contributed by atoms with Crippen LogP contribution in [0, 0.1) is 5.41 Å². The second-order valence-corrected chi connectivity index (χ2v) is 22.9. The topological polar surface area (TPSA) is 314 Å². The number of hydrogen-bond donors (Lipinski definition) is 4. The van der Waals surface area contributed by atoms with E-state index in [0.717, 1.165) is 109 Å². The summed E-state index contributed by atoms with van der Waals surface area (Å²) >= 11 is 0. The normalized spacial score (nSPS) is 11.4. The predicted molar refractivity (Wildman–Crippen MR) is 350 cm³/mol. The molecule has 4 amide bonds. The molecule has 0 atom stereocenters. The quantitative estimate of drug-likeness (QED) is 0.0383. The fraction of sp³-hybridized carbons (Fsp3) is 0.881. The van der Waals surface area contributed by atoms with Gasteiger partial charge >= 0.3 is 0 Å². The molecule has 0 aromatic carbocycles. The Labute approximate surface area is 556 Å². The van der Waals surface area contributed by atoms with Gasteiger partial charge in [-0.3, -0.25) is 38.4 Å². The number of rotatable bonds is 78. The van der Waals surface area contributed by atoms with Crippen molar-refractivity contribution < 1.29 is 105 Å². The van der Waals surface area contributed by atoms with Crippen LogP contribution in [-0.4, -0.2) is 246 Å². The Bertz CT molecular complexity index is 1670. The van der Waals surface area contributed by atoms with Gasteiger partial charge < -0.3 is 87.6 Å². The molecule has 0 saturated heterocycles. The van der Waals surface area contributed by atoms with E-state index in [-0.39, 0.29) is 107 Å². The third-order valence-electron chi connectivity index (χ3n) is 14.0. The van der Waals surface area contributed by atoms with Crippen molar-refractivity contribution >= 4 is 48.1 Å². The smallest absolute Gasteiger partial charge is 0.293 e. The fourth-order valence-electron chi connectivity index (χ4n) is 8.84. The largest absolute Gasteiger partial charge is 0.465 e. The number of carbonyl (C=O) groups excluding carboxylic acids is 8. The molecule has 0 saturated carbocycles. The molecule has 26 nitrogen and oxygen atoms in total. The molecule has 4 N–H and O–H groups in total. The zero-order valence-corrected chi connectivity index (χ0v) is 57.2. The van der Waals surface area contributed by atoms with Gasteiger partial charge in [-0.2, -0.15) is 0 Å². The number of unbranched alkanes of at least 4 members (excludes halogenated alkanes) is 12. The van der Waals surface area contributed by atoms with E-state index in [1.807, 2.05) is 6.92 Å². The van der Waals surface area contributed by atoms with Crippen LogP contribution in [0.25, 0.3) is 0 Å². The number of nitrogens with one attached hydrogen (secondary N) is 4. The predicted octanol–water partition coefficient (Wildman–Crippen LogP) is 6.30. The molecule has 0 aliphatic heterocycles. The van der Waals surface area contributed by atoms with Crippen LogP contribution >= 0.6 is 0 Å². The van der Waals surface area contributed by atoms with Crippen molar-refractivity contribution in [1.29, 1.82) is 0 Å². The van der Waals surface area contributed by atoms with Crippen LogP contribution in [0.1, 0.15) is 181 Å². The molecule has 0 aromatic rings. The minimum Gasteiger partial charge on any atom is -0.465 e. The molecule has 0 aliphatic rings. The van der Waals surface area contributed by atoms with Crippen molar-refractivity contribution in [2.24, 2.45) is 5.41 Å². The van der Waals surface area contributed by atoms with E-state index < -0.39 is 5.41 Å². The van der Waals surface area contributed by atoms with Crippen LogP contribution in [0.2, 0.25) is 0 Å². The van der Waals surface area contributed by atoms with Gasteiger partial charge in [0.2, 0.25) is 23.6 Å². The maximum atomic E-state index is 12.7. The highest BCUT2D eigenvalue weighted by Gasteiger charge is 2.26. The molecular weight excluding hydrogens is 1210 g/mol. The van der Waals surface area contributed by atoms with Crippen LogP contribution in [0.5, 0.6) is 0 Å². The maximum absolute atomic E-state index is 12.7. The first-order valence-corrected chi connectivity index (χ1v) is 34.7. The molecular formula is C67H124N4O22. The molecule has 0 heterocycles. The van der Waals surface area contributed by atoms with Crippen molar-refractivity contribution in [3.63, 3.8) is 0 Å². The van der Waals surface area contributed by atoms with Crippen molar-refractivity contribution in [2.75, 3.05) is 198 Å². The lowest BCUT2D eigenvalue weighted by molar-refractivity contribution is -0.131. The molecule has 0 bridgehead atoms. The number of carbonyl (C=O) groups is 8. The number of hydrogen-bond acceptors (Lipinski definition) is 22. The van der Waals surface area contributed by atoms with Gasteiger partial charge in [0.15, 0.2) is 0 Å². The summed E-state index contributed by atoms with van der Waals surface area (Å²) in [7, 11) is 0.